The number of nitrogens with zero attached hydrogens (tertiary/aromatic N) is 1. The number of rotatable bonds is 6. The normalized spacial score (nSPS) is 20.4. The van der Waals surface area contributed by atoms with Crippen molar-refractivity contribution in [3.05, 3.63) is 34.2 Å². The molecule has 1 aromatic rings. The van der Waals surface area contributed by atoms with Crippen molar-refractivity contribution in [3.8, 4) is 0 Å². The fourth-order valence-corrected chi connectivity index (χ4v) is 3.01. The first-order valence-corrected chi connectivity index (χ1v) is 7.34. The fourth-order valence-electron chi connectivity index (χ4n) is 3.01. The number of aryl methyl sites for hydroxylation is 1. The summed E-state index contributed by atoms with van der Waals surface area (Å²) in [4.78, 5) is 22.8. The first-order chi connectivity index (χ1) is 9.42. The van der Waals surface area contributed by atoms with Gasteiger partial charge in [0, 0.05) is 12.7 Å². The Hall–Kier alpha value is -1.58. The highest BCUT2D eigenvalue weighted by atomic mass is 16.4. The van der Waals surface area contributed by atoms with Crippen molar-refractivity contribution in [3.63, 3.8) is 0 Å². The molecule has 0 radical (unpaired) electrons. The Bertz CT molecular complexity index is 545. The van der Waals surface area contributed by atoms with E-state index in [1.54, 1.807) is 12.3 Å². The molecule has 110 valence electrons. The summed E-state index contributed by atoms with van der Waals surface area (Å²) < 4.78 is 1.51. The van der Waals surface area contributed by atoms with Gasteiger partial charge in [0.2, 0.25) is 0 Å². The van der Waals surface area contributed by atoms with Gasteiger partial charge in [0.05, 0.1) is 0 Å². The SMILES string of the molecule is CC1(C)CCC1CCCCn1cccc(C(=O)O)c1=O. The Labute approximate surface area is 119 Å². The molecule has 4 heteroatoms. The highest BCUT2D eigenvalue weighted by molar-refractivity contribution is 5.86. The highest BCUT2D eigenvalue weighted by Crippen LogP contribution is 2.48. The number of aromatic nitrogens is 1. The molecule has 1 aliphatic carbocycles. The van der Waals surface area contributed by atoms with Gasteiger partial charge >= 0.3 is 5.97 Å². The zero-order valence-electron chi connectivity index (χ0n) is 12.3. The number of carboxylic acids is 1. The zero-order valence-corrected chi connectivity index (χ0v) is 12.3. The summed E-state index contributed by atoms with van der Waals surface area (Å²) in [5, 5.41) is 8.92. The number of pyridine rings is 1. The minimum Gasteiger partial charge on any atom is -0.477 e. The van der Waals surface area contributed by atoms with Crippen LogP contribution in [-0.4, -0.2) is 15.6 Å². The summed E-state index contributed by atoms with van der Waals surface area (Å²) in [6.07, 6.45) is 7.54. The summed E-state index contributed by atoms with van der Waals surface area (Å²) in [6, 6.07) is 2.98. The number of unbranched alkanes of at least 4 members (excludes halogenated alkanes) is 1. The van der Waals surface area contributed by atoms with Crippen LogP contribution in [-0.2, 0) is 6.54 Å². The Morgan fingerprint density at radius 3 is 2.75 bits per heavy atom. The van der Waals surface area contributed by atoms with Crippen LogP contribution in [0.15, 0.2) is 23.1 Å². The maximum Gasteiger partial charge on any atom is 0.341 e. The molecule has 1 heterocycles. The van der Waals surface area contributed by atoms with Crippen molar-refractivity contribution < 1.29 is 9.90 Å². The van der Waals surface area contributed by atoms with Crippen LogP contribution in [0.5, 0.6) is 0 Å². The molecule has 2 rings (SSSR count). The van der Waals surface area contributed by atoms with E-state index in [0.29, 0.717) is 12.0 Å². The third kappa shape index (κ3) is 3.11. The minimum absolute atomic E-state index is 0.146. The van der Waals surface area contributed by atoms with E-state index in [1.165, 1.54) is 29.9 Å². The van der Waals surface area contributed by atoms with Gasteiger partial charge in [-0.25, -0.2) is 4.79 Å². The predicted molar refractivity (Wildman–Crippen MR) is 78.0 cm³/mol. The second-order valence-corrected chi connectivity index (χ2v) is 6.45. The van der Waals surface area contributed by atoms with Crippen LogP contribution in [0.4, 0.5) is 0 Å². The maximum atomic E-state index is 11.9. The van der Waals surface area contributed by atoms with Crippen molar-refractivity contribution in [2.24, 2.45) is 11.3 Å². The van der Waals surface area contributed by atoms with E-state index < -0.39 is 11.5 Å². The molecular formula is C16H23NO3. The molecule has 1 aromatic heterocycles. The lowest BCUT2D eigenvalue weighted by molar-refractivity contribution is 0.0621. The summed E-state index contributed by atoms with van der Waals surface area (Å²) in [6.45, 7) is 5.25. The van der Waals surface area contributed by atoms with E-state index in [2.05, 4.69) is 13.8 Å². The molecule has 4 nitrogen and oxygen atoms in total. The molecular weight excluding hydrogens is 254 g/mol. The molecule has 1 fully saturated rings. The summed E-state index contributed by atoms with van der Waals surface area (Å²) in [7, 11) is 0. The molecule has 0 saturated heterocycles. The number of aromatic carboxylic acids is 1. The minimum atomic E-state index is -1.15. The van der Waals surface area contributed by atoms with Crippen molar-refractivity contribution in [2.45, 2.75) is 52.5 Å². The lowest BCUT2D eigenvalue weighted by Crippen LogP contribution is -2.34. The van der Waals surface area contributed by atoms with Crippen molar-refractivity contribution in [1.82, 2.24) is 4.57 Å². The van der Waals surface area contributed by atoms with Gasteiger partial charge in [-0.05, 0) is 49.1 Å². The molecule has 0 spiro atoms. The average Bonchev–Trinajstić information content (AvgIpc) is 2.38. The van der Waals surface area contributed by atoms with Crippen molar-refractivity contribution in [1.29, 1.82) is 0 Å². The number of carbonyl (C=O) groups is 1. The highest BCUT2D eigenvalue weighted by Gasteiger charge is 2.37. The van der Waals surface area contributed by atoms with Gasteiger partial charge in [-0.1, -0.05) is 20.3 Å². The van der Waals surface area contributed by atoms with E-state index in [0.717, 1.165) is 18.8 Å². The molecule has 0 aromatic carbocycles. The second kappa shape index (κ2) is 5.81. The molecule has 0 bridgehead atoms. The zero-order chi connectivity index (χ0) is 14.8. The van der Waals surface area contributed by atoms with Crippen molar-refractivity contribution in [2.75, 3.05) is 0 Å². The third-order valence-electron chi connectivity index (χ3n) is 4.69. The molecule has 1 N–H and O–H groups in total. The second-order valence-electron chi connectivity index (χ2n) is 6.45. The summed E-state index contributed by atoms with van der Waals surface area (Å²) in [5.74, 6) is -0.342. The first kappa shape index (κ1) is 14.8. The smallest absolute Gasteiger partial charge is 0.341 e. The third-order valence-corrected chi connectivity index (χ3v) is 4.69. The first-order valence-electron chi connectivity index (χ1n) is 7.34. The topological polar surface area (TPSA) is 59.3 Å². The van der Waals surface area contributed by atoms with Crippen LogP contribution in [0.1, 0.15) is 56.3 Å². The van der Waals surface area contributed by atoms with E-state index in [-0.39, 0.29) is 5.56 Å². The largest absolute Gasteiger partial charge is 0.477 e. The lowest BCUT2D eigenvalue weighted by atomic mass is 9.61. The van der Waals surface area contributed by atoms with Gasteiger partial charge in [0.1, 0.15) is 5.56 Å². The number of hydrogen-bond acceptors (Lipinski definition) is 2. The summed E-state index contributed by atoms with van der Waals surface area (Å²) in [5.41, 5.74) is -0.0586. The quantitative estimate of drug-likeness (QED) is 0.813. The van der Waals surface area contributed by atoms with Gasteiger partial charge < -0.3 is 9.67 Å². The lowest BCUT2D eigenvalue weighted by Gasteiger charge is -2.45. The van der Waals surface area contributed by atoms with E-state index in [4.69, 9.17) is 5.11 Å². The van der Waals surface area contributed by atoms with Crippen LogP contribution in [0.2, 0.25) is 0 Å². The van der Waals surface area contributed by atoms with Crippen molar-refractivity contribution >= 4 is 5.97 Å². The Kier molecular flexibility index (Phi) is 4.31. The maximum absolute atomic E-state index is 11.9. The Morgan fingerprint density at radius 1 is 1.45 bits per heavy atom. The van der Waals surface area contributed by atoms with Crippen LogP contribution >= 0.6 is 0 Å². The van der Waals surface area contributed by atoms with Crippen LogP contribution in [0.25, 0.3) is 0 Å². The van der Waals surface area contributed by atoms with E-state index in [9.17, 15) is 9.59 Å². The molecule has 0 amide bonds. The monoisotopic (exact) mass is 277 g/mol. The molecule has 1 atom stereocenters. The molecule has 0 aliphatic heterocycles. The van der Waals surface area contributed by atoms with Crippen LogP contribution in [0, 0.1) is 11.3 Å². The van der Waals surface area contributed by atoms with Gasteiger partial charge in [0.15, 0.2) is 0 Å². The van der Waals surface area contributed by atoms with E-state index >= 15 is 0 Å². The molecule has 1 saturated carbocycles. The number of hydrogen-bond donors (Lipinski definition) is 1. The van der Waals surface area contributed by atoms with Crippen LogP contribution in [0.3, 0.4) is 0 Å². The molecule has 1 aliphatic rings. The van der Waals surface area contributed by atoms with E-state index in [1.807, 2.05) is 0 Å². The molecule has 20 heavy (non-hydrogen) atoms. The fraction of sp³-hybridized carbons (Fsp3) is 0.625. The Balaban J connectivity index is 1.84. The van der Waals surface area contributed by atoms with Crippen LogP contribution < -0.4 is 5.56 Å². The van der Waals surface area contributed by atoms with Gasteiger partial charge in [0.25, 0.3) is 5.56 Å². The van der Waals surface area contributed by atoms with Gasteiger partial charge in [-0.15, -0.1) is 0 Å². The Morgan fingerprint density at radius 2 is 2.20 bits per heavy atom. The molecule has 1 unspecified atom stereocenters. The summed E-state index contributed by atoms with van der Waals surface area (Å²) >= 11 is 0. The standard InChI is InChI=1S/C16H23NO3/c1-16(2)9-8-12(16)6-3-4-10-17-11-5-7-13(14(17)18)15(19)20/h5,7,11-12H,3-4,6,8-10H2,1-2H3,(H,19,20). The van der Waals surface area contributed by atoms with Gasteiger partial charge in [-0.2, -0.15) is 0 Å². The van der Waals surface area contributed by atoms with Gasteiger partial charge in [-0.3, -0.25) is 4.79 Å². The average molecular weight is 277 g/mol. The number of carboxylic acid groups (broad SMARTS) is 1. The predicted octanol–water partition coefficient (Wildman–Crippen LogP) is 3.15.